The summed E-state index contributed by atoms with van der Waals surface area (Å²) in [5, 5.41) is 13.9. The summed E-state index contributed by atoms with van der Waals surface area (Å²) in [6.45, 7) is 3.82. The molecule has 4 rings (SSSR count). The monoisotopic (exact) mass is 440 g/mol. The zero-order valence-corrected chi connectivity index (χ0v) is 17.7. The molecule has 1 N–H and O–H groups in total. The number of amides is 2. The molecular formula is C22H24N4O6. The molecule has 0 unspecified atom stereocenters. The van der Waals surface area contributed by atoms with Crippen molar-refractivity contribution in [3.63, 3.8) is 0 Å². The number of nitro groups is 1. The lowest BCUT2D eigenvalue weighted by Crippen LogP contribution is -2.53. The van der Waals surface area contributed by atoms with Crippen LogP contribution in [0.25, 0.3) is 0 Å². The van der Waals surface area contributed by atoms with Gasteiger partial charge in [-0.15, -0.1) is 0 Å². The summed E-state index contributed by atoms with van der Waals surface area (Å²) in [5.74, 6) is 0.0453. The standard InChI is InChI=1S/C22H24N4O6/c1-15-6-7-16(12-18(15)26(29)30)23-21(27)14-25-13-20(22(28)24-8-10-31-11-9-24)32-19-5-3-2-4-17(19)25/h2-7,12,20H,8-11,13-14H2,1H3,(H,23,27)/t20-/m1/s1. The SMILES string of the molecule is Cc1ccc(NC(=O)CN2C[C@H](C(=O)N3CCOCC3)Oc3ccccc32)cc1[N+](=O)[O-]. The van der Waals surface area contributed by atoms with Crippen LogP contribution in [0.2, 0.25) is 0 Å². The van der Waals surface area contributed by atoms with E-state index in [0.717, 1.165) is 0 Å². The van der Waals surface area contributed by atoms with E-state index in [1.807, 2.05) is 18.2 Å². The molecule has 2 amide bonds. The second-order valence-electron chi connectivity index (χ2n) is 7.70. The molecule has 0 aliphatic carbocycles. The Morgan fingerprint density at radius 2 is 1.94 bits per heavy atom. The average molecular weight is 440 g/mol. The number of para-hydroxylation sites is 2. The average Bonchev–Trinajstić information content (AvgIpc) is 2.80. The first kappa shape index (κ1) is 21.6. The van der Waals surface area contributed by atoms with Crippen molar-refractivity contribution in [1.82, 2.24) is 4.90 Å². The fourth-order valence-electron chi connectivity index (χ4n) is 3.83. The van der Waals surface area contributed by atoms with E-state index in [1.54, 1.807) is 34.9 Å². The van der Waals surface area contributed by atoms with Crippen molar-refractivity contribution in [2.24, 2.45) is 0 Å². The normalized spacial score (nSPS) is 17.8. The number of benzene rings is 2. The zero-order valence-electron chi connectivity index (χ0n) is 17.7. The number of hydrogen-bond donors (Lipinski definition) is 1. The molecule has 2 heterocycles. The summed E-state index contributed by atoms with van der Waals surface area (Å²) in [7, 11) is 0. The zero-order chi connectivity index (χ0) is 22.7. The molecule has 2 aliphatic heterocycles. The van der Waals surface area contributed by atoms with Crippen LogP contribution in [0.1, 0.15) is 5.56 Å². The second-order valence-corrected chi connectivity index (χ2v) is 7.70. The Labute approximate surface area is 184 Å². The number of carbonyl (C=O) groups is 2. The lowest BCUT2D eigenvalue weighted by molar-refractivity contribution is -0.385. The number of ether oxygens (including phenoxy) is 2. The first-order chi connectivity index (χ1) is 15.4. The maximum atomic E-state index is 13.0. The quantitative estimate of drug-likeness (QED) is 0.558. The topological polar surface area (TPSA) is 114 Å². The third-order valence-electron chi connectivity index (χ3n) is 5.48. The smallest absolute Gasteiger partial charge is 0.274 e. The predicted octanol–water partition coefficient (Wildman–Crippen LogP) is 1.97. The number of hydrogen-bond acceptors (Lipinski definition) is 7. The lowest BCUT2D eigenvalue weighted by atomic mass is 10.1. The third-order valence-corrected chi connectivity index (χ3v) is 5.48. The van der Waals surface area contributed by atoms with E-state index in [-0.39, 0.29) is 30.6 Å². The van der Waals surface area contributed by atoms with Gasteiger partial charge in [0.25, 0.3) is 11.6 Å². The minimum Gasteiger partial charge on any atom is -0.477 e. The van der Waals surface area contributed by atoms with Crippen LogP contribution in [-0.2, 0) is 14.3 Å². The molecule has 10 nitrogen and oxygen atoms in total. The lowest BCUT2D eigenvalue weighted by Gasteiger charge is -2.38. The van der Waals surface area contributed by atoms with Gasteiger partial charge in [-0.25, -0.2) is 0 Å². The minimum absolute atomic E-state index is 0.0328. The molecule has 0 radical (unpaired) electrons. The highest BCUT2D eigenvalue weighted by Crippen LogP contribution is 2.33. The molecule has 10 heteroatoms. The van der Waals surface area contributed by atoms with E-state index >= 15 is 0 Å². The summed E-state index contributed by atoms with van der Waals surface area (Å²) in [6.07, 6.45) is -0.740. The molecule has 0 spiro atoms. The molecule has 2 aromatic rings. The van der Waals surface area contributed by atoms with Crippen molar-refractivity contribution in [3.05, 3.63) is 58.1 Å². The van der Waals surface area contributed by atoms with E-state index in [4.69, 9.17) is 9.47 Å². The number of nitrogens with one attached hydrogen (secondary N) is 1. The van der Waals surface area contributed by atoms with Crippen LogP contribution < -0.4 is 15.0 Å². The van der Waals surface area contributed by atoms with Gasteiger partial charge in [0.1, 0.15) is 5.75 Å². The number of rotatable bonds is 5. The number of nitro benzene ring substituents is 1. The number of fused-ring (bicyclic) bond motifs is 1. The molecule has 1 saturated heterocycles. The van der Waals surface area contributed by atoms with Crippen molar-refractivity contribution < 1.29 is 24.0 Å². The predicted molar refractivity (Wildman–Crippen MR) is 117 cm³/mol. The van der Waals surface area contributed by atoms with E-state index in [0.29, 0.717) is 49.0 Å². The largest absolute Gasteiger partial charge is 0.477 e. The van der Waals surface area contributed by atoms with Crippen LogP contribution in [-0.4, -0.2) is 67.1 Å². The summed E-state index contributed by atoms with van der Waals surface area (Å²) >= 11 is 0. The van der Waals surface area contributed by atoms with Crippen molar-refractivity contribution in [3.8, 4) is 5.75 Å². The molecule has 1 fully saturated rings. The summed E-state index contributed by atoms with van der Waals surface area (Å²) in [4.78, 5) is 39.9. The first-order valence-corrected chi connectivity index (χ1v) is 10.3. The van der Waals surface area contributed by atoms with Crippen molar-refractivity contribution >= 4 is 28.9 Å². The van der Waals surface area contributed by atoms with Crippen molar-refractivity contribution in [1.29, 1.82) is 0 Å². The van der Waals surface area contributed by atoms with Gasteiger partial charge in [0, 0.05) is 30.4 Å². The molecule has 0 aromatic heterocycles. The number of morpholine rings is 1. The number of anilines is 2. The van der Waals surface area contributed by atoms with Gasteiger partial charge >= 0.3 is 0 Å². The van der Waals surface area contributed by atoms with Gasteiger partial charge in [0.2, 0.25) is 5.91 Å². The van der Waals surface area contributed by atoms with Gasteiger partial charge in [0.05, 0.1) is 36.9 Å². The van der Waals surface area contributed by atoms with E-state index in [9.17, 15) is 19.7 Å². The maximum Gasteiger partial charge on any atom is 0.274 e. The summed E-state index contributed by atoms with van der Waals surface area (Å²) < 4.78 is 11.3. The Balaban J connectivity index is 1.49. The highest BCUT2D eigenvalue weighted by molar-refractivity contribution is 5.95. The molecule has 1 atom stereocenters. The maximum absolute atomic E-state index is 13.0. The van der Waals surface area contributed by atoms with E-state index in [1.165, 1.54) is 6.07 Å². The molecule has 0 bridgehead atoms. The number of aryl methyl sites for hydroxylation is 1. The van der Waals surface area contributed by atoms with Gasteiger partial charge < -0.3 is 24.6 Å². The van der Waals surface area contributed by atoms with Gasteiger partial charge in [-0.1, -0.05) is 18.2 Å². The van der Waals surface area contributed by atoms with Crippen LogP contribution in [0.5, 0.6) is 5.75 Å². The fraction of sp³-hybridized carbons (Fsp3) is 0.364. The second kappa shape index (κ2) is 9.23. The van der Waals surface area contributed by atoms with Gasteiger partial charge in [-0.3, -0.25) is 19.7 Å². The van der Waals surface area contributed by atoms with Gasteiger partial charge in [-0.05, 0) is 25.1 Å². The Morgan fingerprint density at radius 1 is 1.19 bits per heavy atom. The van der Waals surface area contributed by atoms with Crippen molar-refractivity contribution in [2.75, 3.05) is 49.6 Å². The Morgan fingerprint density at radius 3 is 2.69 bits per heavy atom. The van der Waals surface area contributed by atoms with Crippen LogP contribution in [0, 0.1) is 17.0 Å². The highest BCUT2D eigenvalue weighted by atomic mass is 16.6. The van der Waals surface area contributed by atoms with Crippen LogP contribution in [0.15, 0.2) is 42.5 Å². The Kier molecular flexibility index (Phi) is 6.22. The molecule has 32 heavy (non-hydrogen) atoms. The van der Waals surface area contributed by atoms with Crippen LogP contribution in [0.3, 0.4) is 0 Å². The van der Waals surface area contributed by atoms with Gasteiger partial charge in [-0.2, -0.15) is 0 Å². The summed E-state index contributed by atoms with van der Waals surface area (Å²) in [5.41, 5.74) is 1.51. The summed E-state index contributed by atoms with van der Waals surface area (Å²) in [6, 6.07) is 11.8. The Hall–Kier alpha value is -3.66. The minimum atomic E-state index is -0.740. The fourth-order valence-corrected chi connectivity index (χ4v) is 3.83. The van der Waals surface area contributed by atoms with E-state index < -0.39 is 11.0 Å². The molecule has 0 saturated carbocycles. The number of nitrogens with zero attached hydrogens (tertiary/aromatic N) is 3. The molecule has 2 aromatic carbocycles. The van der Waals surface area contributed by atoms with Crippen LogP contribution in [0.4, 0.5) is 17.1 Å². The number of carbonyl (C=O) groups excluding carboxylic acids is 2. The molecule has 168 valence electrons. The molecular weight excluding hydrogens is 416 g/mol. The van der Waals surface area contributed by atoms with Crippen molar-refractivity contribution in [2.45, 2.75) is 13.0 Å². The van der Waals surface area contributed by atoms with E-state index in [2.05, 4.69) is 5.32 Å². The van der Waals surface area contributed by atoms with Crippen LogP contribution >= 0.6 is 0 Å². The highest BCUT2D eigenvalue weighted by Gasteiger charge is 2.34. The third kappa shape index (κ3) is 4.65. The van der Waals surface area contributed by atoms with Gasteiger partial charge in [0.15, 0.2) is 6.10 Å². The first-order valence-electron chi connectivity index (χ1n) is 10.3. The Bertz CT molecular complexity index is 1040. The molecule has 2 aliphatic rings.